The minimum Gasteiger partial charge on any atom is -0.294 e. The third-order valence-electron chi connectivity index (χ3n) is 3.07. The van der Waals surface area contributed by atoms with Crippen LogP contribution in [0.15, 0.2) is 54.6 Å². The van der Waals surface area contributed by atoms with Gasteiger partial charge in [-0.2, -0.15) is 8.42 Å². The fourth-order valence-electron chi connectivity index (χ4n) is 1.98. The summed E-state index contributed by atoms with van der Waals surface area (Å²) < 4.78 is 45.2. The number of benzene rings is 2. The van der Waals surface area contributed by atoms with Crippen molar-refractivity contribution < 1.29 is 22.2 Å². The summed E-state index contributed by atoms with van der Waals surface area (Å²) in [6.07, 6.45) is -0.408. The van der Waals surface area contributed by atoms with E-state index in [1.807, 2.05) is 0 Å². The molecule has 0 heterocycles. The van der Waals surface area contributed by atoms with E-state index in [0.717, 1.165) is 12.1 Å². The Labute approximate surface area is 122 Å². The average Bonchev–Trinajstić information content (AvgIpc) is 2.45. The van der Waals surface area contributed by atoms with Crippen LogP contribution in [0.25, 0.3) is 0 Å². The molecule has 0 fully saturated rings. The molecule has 2 aromatic carbocycles. The molecule has 110 valence electrons. The second-order valence-electron chi connectivity index (χ2n) is 4.55. The second kappa shape index (κ2) is 6.15. The second-order valence-corrected chi connectivity index (χ2v) is 6.15. The summed E-state index contributed by atoms with van der Waals surface area (Å²) in [4.78, 5) is 12.1. The number of rotatable bonds is 5. The van der Waals surface area contributed by atoms with Crippen molar-refractivity contribution in [3.05, 3.63) is 71.5 Å². The molecule has 2 aromatic rings. The molecular weight excluding hydrogens is 295 g/mol. The maximum absolute atomic E-state index is 12.9. The standard InChI is InChI=1S/C15H13FO4S/c16-13-8-6-12(7-9-13)15(21(18,19)20)10-14(17)11-4-2-1-3-5-11/h1-9,15H,10H2,(H,18,19,20). The van der Waals surface area contributed by atoms with Gasteiger partial charge in [0.1, 0.15) is 11.1 Å². The lowest BCUT2D eigenvalue weighted by molar-refractivity contribution is 0.0979. The van der Waals surface area contributed by atoms with Crippen molar-refractivity contribution in [1.82, 2.24) is 0 Å². The van der Waals surface area contributed by atoms with Crippen molar-refractivity contribution in [3.63, 3.8) is 0 Å². The molecule has 0 bridgehead atoms. The molecule has 0 radical (unpaired) electrons. The summed E-state index contributed by atoms with van der Waals surface area (Å²) in [5.41, 5.74) is 0.524. The Morgan fingerprint density at radius 2 is 1.62 bits per heavy atom. The molecule has 0 spiro atoms. The van der Waals surface area contributed by atoms with Gasteiger partial charge >= 0.3 is 0 Å². The Hall–Kier alpha value is -2.05. The predicted molar refractivity (Wildman–Crippen MR) is 76.1 cm³/mol. The topological polar surface area (TPSA) is 71.4 Å². The molecule has 0 aliphatic heterocycles. The molecule has 0 aliphatic rings. The number of carbonyl (C=O) groups excluding carboxylic acids is 1. The van der Waals surface area contributed by atoms with Crippen molar-refractivity contribution in [2.75, 3.05) is 0 Å². The normalized spacial score (nSPS) is 12.9. The van der Waals surface area contributed by atoms with E-state index in [1.165, 1.54) is 12.1 Å². The number of hydrogen-bond acceptors (Lipinski definition) is 3. The number of carbonyl (C=O) groups is 1. The van der Waals surface area contributed by atoms with E-state index in [1.54, 1.807) is 30.3 Å². The van der Waals surface area contributed by atoms with Crippen LogP contribution < -0.4 is 0 Å². The Bertz CT molecular complexity index is 724. The van der Waals surface area contributed by atoms with E-state index in [2.05, 4.69) is 0 Å². The van der Waals surface area contributed by atoms with Gasteiger partial charge in [0.15, 0.2) is 5.78 Å². The number of Topliss-reactive ketones (excluding diaryl/α,β-unsaturated/α-hetero) is 1. The van der Waals surface area contributed by atoms with Crippen molar-refractivity contribution >= 4 is 15.9 Å². The molecule has 1 atom stereocenters. The van der Waals surface area contributed by atoms with Gasteiger partial charge in [-0.15, -0.1) is 0 Å². The van der Waals surface area contributed by atoms with E-state index in [-0.39, 0.29) is 5.56 Å². The Morgan fingerprint density at radius 3 is 2.14 bits per heavy atom. The van der Waals surface area contributed by atoms with Gasteiger partial charge in [0.05, 0.1) is 0 Å². The van der Waals surface area contributed by atoms with Crippen LogP contribution in [0.4, 0.5) is 4.39 Å². The van der Waals surface area contributed by atoms with Gasteiger partial charge in [-0.25, -0.2) is 4.39 Å². The van der Waals surface area contributed by atoms with Crippen molar-refractivity contribution in [2.24, 2.45) is 0 Å². The van der Waals surface area contributed by atoms with Crippen molar-refractivity contribution in [3.8, 4) is 0 Å². The molecule has 4 nitrogen and oxygen atoms in total. The zero-order valence-corrected chi connectivity index (χ0v) is 11.8. The molecule has 0 saturated carbocycles. The Balaban J connectivity index is 2.30. The van der Waals surface area contributed by atoms with E-state index in [9.17, 15) is 22.2 Å². The molecule has 1 unspecified atom stereocenters. The average molecular weight is 308 g/mol. The van der Waals surface area contributed by atoms with Crippen LogP contribution in [0.3, 0.4) is 0 Å². The number of ketones is 1. The summed E-state index contributed by atoms with van der Waals surface area (Å²) in [6, 6.07) is 12.8. The molecule has 6 heteroatoms. The smallest absolute Gasteiger partial charge is 0.272 e. The first-order chi connectivity index (χ1) is 9.88. The number of hydrogen-bond donors (Lipinski definition) is 1. The highest BCUT2D eigenvalue weighted by Crippen LogP contribution is 2.27. The maximum Gasteiger partial charge on any atom is 0.272 e. The highest BCUT2D eigenvalue weighted by molar-refractivity contribution is 7.86. The fourth-order valence-corrected chi connectivity index (χ4v) is 2.85. The van der Waals surface area contributed by atoms with Crippen LogP contribution in [-0.4, -0.2) is 18.8 Å². The zero-order valence-electron chi connectivity index (χ0n) is 10.9. The summed E-state index contributed by atoms with van der Waals surface area (Å²) in [6.45, 7) is 0. The SMILES string of the molecule is O=C(CC(c1ccc(F)cc1)S(=O)(=O)O)c1ccccc1. The lowest BCUT2D eigenvalue weighted by Crippen LogP contribution is -2.16. The van der Waals surface area contributed by atoms with Gasteiger partial charge in [-0.05, 0) is 17.7 Å². The molecule has 1 N–H and O–H groups in total. The van der Waals surface area contributed by atoms with E-state index in [0.29, 0.717) is 5.56 Å². The summed E-state index contributed by atoms with van der Waals surface area (Å²) in [5, 5.41) is -1.41. The van der Waals surface area contributed by atoms with E-state index in [4.69, 9.17) is 0 Å². The van der Waals surface area contributed by atoms with Crippen LogP contribution in [0.1, 0.15) is 27.6 Å². The monoisotopic (exact) mass is 308 g/mol. The van der Waals surface area contributed by atoms with E-state index < -0.39 is 33.4 Å². The van der Waals surface area contributed by atoms with Crippen LogP contribution >= 0.6 is 0 Å². The van der Waals surface area contributed by atoms with Crippen molar-refractivity contribution in [1.29, 1.82) is 0 Å². The largest absolute Gasteiger partial charge is 0.294 e. The minimum atomic E-state index is -4.48. The predicted octanol–water partition coefficient (Wildman–Crippen LogP) is 3.03. The third-order valence-corrected chi connectivity index (χ3v) is 4.23. The summed E-state index contributed by atoms with van der Waals surface area (Å²) in [5.74, 6) is -0.940. The van der Waals surface area contributed by atoms with E-state index >= 15 is 0 Å². The molecule has 0 saturated heterocycles. The summed E-state index contributed by atoms with van der Waals surface area (Å²) >= 11 is 0. The first kappa shape index (κ1) is 15.3. The molecule has 0 amide bonds. The summed E-state index contributed by atoms with van der Waals surface area (Å²) in [7, 11) is -4.48. The van der Waals surface area contributed by atoms with Gasteiger partial charge in [-0.1, -0.05) is 42.5 Å². The highest BCUT2D eigenvalue weighted by Gasteiger charge is 2.28. The van der Waals surface area contributed by atoms with Gasteiger partial charge < -0.3 is 0 Å². The van der Waals surface area contributed by atoms with Crippen LogP contribution in [0.5, 0.6) is 0 Å². The Morgan fingerprint density at radius 1 is 1.05 bits per heavy atom. The fraction of sp³-hybridized carbons (Fsp3) is 0.133. The quantitative estimate of drug-likeness (QED) is 0.681. The lowest BCUT2D eigenvalue weighted by atomic mass is 10.0. The molecule has 2 rings (SSSR count). The Kier molecular flexibility index (Phi) is 4.50. The molecule has 0 aromatic heterocycles. The van der Waals surface area contributed by atoms with Gasteiger partial charge in [0, 0.05) is 12.0 Å². The van der Waals surface area contributed by atoms with Gasteiger partial charge in [-0.3, -0.25) is 9.35 Å². The third kappa shape index (κ3) is 3.96. The minimum absolute atomic E-state index is 0.170. The molecule has 0 aliphatic carbocycles. The van der Waals surface area contributed by atoms with Gasteiger partial charge in [0.2, 0.25) is 0 Å². The number of halogens is 1. The molecule has 21 heavy (non-hydrogen) atoms. The highest BCUT2D eigenvalue weighted by atomic mass is 32.2. The van der Waals surface area contributed by atoms with Crippen LogP contribution in [0, 0.1) is 5.82 Å². The molecular formula is C15H13FO4S. The van der Waals surface area contributed by atoms with Gasteiger partial charge in [0.25, 0.3) is 10.1 Å². The first-order valence-corrected chi connectivity index (χ1v) is 7.68. The van der Waals surface area contributed by atoms with Crippen LogP contribution in [-0.2, 0) is 10.1 Å². The van der Waals surface area contributed by atoms with Crippen molar-refractivity contribution in [2.45, 2.75) is 11.7 Å². The zero-order chi connectivity index (χ0) is 15.5. The first-order valence-electron chi connectivity index (χ1n) is 6.18. The lowest BCUT2D eigenvalue weighted by Gasteiger charge is -2.13. The van der Waals surface area contributed by atoms with Crippen LogP contribution in [0.2, 0.25) is 0 Å². The maximum atomic E-state index is 12.9.